The van der Waals surface area contributed by atoms with Crippen LogP contribution in [-0.2, 0) is 19.4 Å². The van der Waals surface area contributed by atoms with E-state index in [1.54, 1.807) is 18.0 Å². The van der Waals surface area contributed by atoms with Crippen LogP contribution in [0.2, 0.25) is 0 Å². The van der Waals surface area contributed by atoms with Crippen molar-refractivity contribution < 1.29 is 27.4 Å². The van der Waals surface area contributed by atoms with Crippen LogP contribution in [0, 0.1) is 0 Å². The molecule has 1 unspecified atom stereocenters. The van der Waals surface area contributed by atoms with Gasteiger partial charge in [0.1, 0.15) is 0 Å². The van der Waals surface area contributed by atoms with E-state index >= 15 is 0 Å². The largest absolute Gasteiger partial charge is 0.493 e. The second kappa shape index (κ2) is 9.94. The van der Waals surface area contributed by atoms with Crippen molar-refractivity contribution in [3.05, 3.63) is 18.2 Å². The average molecular weight is 400 g/mol. The third-order valence-corrected chi connectivity index (χ3v) is 6.50. The first-order valence-corrected chi connectivity index (χ1v) is 10.8. The number of nitrogens with zero attached hydrogens (tertiary/aromatic N) is 1. The molecule has 2 rings (SSSR count). The van der Waals surface area contributed by atoms with Gasteiger partial charge in [-0.1, -0.05) is 0 Å². The predicted molar refractivity (Wildman–Crippen MR) is 102 cm³/mol. The van der Waals surface area contributed by atoms with Crippen LogP contribution < -0.4 is 9.47 Å². The molecule has 1 fully saturated rings. The SMILES string of the molecule is COc1ccc(S(=O)(=O)CCC(=O)N(C)CCC2CCCCO2)cc1OC. The monoisotopic (exact) mass is 399 g/mol. The second-order valence-electron chi connectivity index (χ2n) is 6.68. The van der Waals surface area contributed by atoms with E-state index in [-0.39, 0.29) is 29.1 Å². The number of sulfone groups is 1. The zero-order chi connectivity index (χ0) is 19.9. The lowest BCUT2D eigenvalue weighted by Gasteiger charge is -2.25. The summed E-state index contributed by atoms with van der Waals surface area (Å²) in [6.45, 7) is 1.35. The summed E-state index contributed by atoms with van der Waals surface area (Å²) in [5.41, 5.74) is 0. The number of carbonyl (C=O) groups is 1. The average Bonchev–Trinajstić information content (AvgIpc) is 2.70. The normalized spacial score (nSPS) is 17.4. The van der Waals surface area contributed by atoms with Crippen molar-refractivity contribution >= 4 is 15.7 Å². The highest BCUT2D eigenvalue weighted by atomic mass is 32.2. The number of hydrogen-bond acceptors (Lipinski definition) is 6. The minimum atomic E-state index is -3.59. The summed E-state index contributed by atoms with van der Waals surface area (Å²) in [6, 6.07) is 4.43. The van der Waals surface area contributed by atoms with Crippen LogP contribution in [0.25, 0.3) is 0 Å². The molecule has 8 heteroatoms. The fourth-order valence-electron chi connectivity index (χ4n) is 3.04. The number of amides is 1. The molecule has 1 atom stereocenters. The third kappa shape index (κ3) is 6.10. The summed E-state index contributed by atoms with van der Waals surface area (Å²) in [7, 11) is 1.05. The lowest BCUT2D eigenvalue weighted by atomic mass is 10.1. The van der Waals surface area contributed by atoms with Gasteiger partial charge in [0.15, 0.2) is 21.3 Å². The molecule has 27 heavy (non-hydrogen) atoms. The smallest absolute Gasteiger partial charge is 0.223 e. The fourth-order valence-corrected chi connectivity index (χ4v) is 4.28. The molecular weight excluding hydrogens is 370 g/mol. The zero-order valence-corrected chi connectivity index (χ0v) is 17.1. The van der Waals surface area contributed by atoms with E-state index in [2.05, 4.69) is 0 Å². The molecule has 1 heterocycles. The molecule has 1 aliphatic rings. The quantitative estimate of drug-likeness (QED) is 0.634. The molecule has 152 valence electrons. The predicted octanol–water partition coefficient (Wildman–Crippen LogP) is 2.29. The first-order chi connectivity index (χ1) is 12.9. The van der Waals surface area contributed by atoms with Gasteiger partial charge in [0, 0.05) is 32.7 Å². The summed E-state index contributed by atoms with van der Waals surface area (Å²) in [5, 5.41) is 0. The molecule has 1 aliphatic heterocycles. The molecule has 0 aliphatic carbocycles. The Kier molecular flexibility index (Phi) is 7.91. The summed E-state index contributed by atoms with van der Waals surface area (Å²) >= 11 is 0. The Morgan fingerprint density at radius 3 is 2.59 bits per heavy atom. The van der Waals surface area contributed by atoms with Gasteiger partial charge in [-0.15, -0.1) is 0 Å². The summed E-state index contributed by atoms with van der Waals surface area (Å²) in [4.78, 5) is 14.0. The molecule has 0 bridgehead atoms. The van der Waals surface area contributed by atoms with Crippen LogP contribution in [0.3, 0.4) is 0 Å². The van der Waals surface area contributed by atoms with Crippen molar-refractivity contribution in [1.82, 2.24) is 4.90 Å². The van der Waals surface area contributed by atoms with Crippen LogP contribution in [0.4, 0.5) is 0 Å². The maximum absolute atomic E-state index is 12.5. The Labute approximate surface area is 161 Å². The molecule has 0 radical (unpaired) electrons. The van der Waals surface area contributed by atoms with Crippen LogP contribution in [0.5, 0.6) is 11.5 Å². The van der Waals surface area contributed by atoms with E-state index in [0.29, 0.717) is 18.0 Å². The van der Waals surface area contributed by atoms with Gasteiger partial charge in [0.25, 0.3) is 0 Å². The van der Waals surface area contributed by atoms with Crippen molar-refractivity contribution in [2.45, 2.75) is 43.1 Å². The molecule has 1 aromatic rings. The number of rotatable bonds is 9. The minimum Gasteiger partial charge on any atom is -0.493 e. The number of hydrogen-bond donors (Lipinski definition) is 0. The van der Waals surface area contributed by atoms with Gasteiger partial charge in [-0.25, -0.2) is 8.42 Å². The Morgan fingerprint density at radius 1 is 1.22 bits per heavy atom. The van der Waals surface area contributed by atoms with Crippen molar-refractivity contribution in [2.24, 2.45) is 0 Å². The third-order valence-electron chi connectivity index (χ3n) is 4.79. The Bertz CT molecular complexity index is 728. The van der Waals surface area contributed by atoms with E-state index < -0.39 is 9.84 Å². The van der Waals surface area contributed by atoms with E-state index in [0.717, 1.165) is 32.3 Å². The topological polar surface area (TPSA) is 82.1 Å². The van der Waals surface area contributed by atoms with E-state index in [1.807, 2.05) is 0 Å². The van der Waals surface area contributed by atoms with Gasteiger partial charge in [-0.3, -0.25) is 4.79 Å². The van der Waals surface area contributed by atoms with Crippen LogP contribution in [-0.4, -0.2) is 65.5 Å². The van der Waals surface area contributed by atoms with Gasteiger partial charge in [-0.2, -0.15) is 0 Å². The van der Waals surface area contributed by atoms with Crippen LogP contribution >= 0.6 is 0 Å². The molecule has 7 nitrogen and oxygen atoms in total. The summed E-state index contributed by atoms with van der Waals surface area (Å²) in [5.74, 6) is 0.368. The van der Waals surface area contributed by atoms with E-state index in [9.17, 15) is 13.2 Å². The zero-order valence-electron chi connectivity index (χ0n) is 16.3. The molecule has 0 N–H and O–H groups in total. The highest BCUT2D eigenvalue weighted by Gasteiger charge is 2.21. The first-order valence-electron chi connectivity index (χ1n) is 9.17. The standard InChI is InChI=1S/C19H29NO6S/c1-20(11-9-15-6-4-5-12-26-15)19(21)10-13-27(22,23)16-7-8-17(24-2)18(14-16)25-3/h7-8,14-15H,4-6,9-13H2,1-3H3. The lowest BCUT2D eigenvalue weighted by molar-refractivity contribution is -0.129. The lowest BCUT2D eigenvalue weighted by Crippen LogP contribution is -2.32. The molecule has 0 aromatic heterocycles. The maximum Gasteiger partial charge on any atom is 0.223 e. The van der Waals surface area contributed by atoms with Crippen molar-refractivity contribution in [1.29, 1.82) is 0 Å². The highest BCUT2D eigenvalue weighted by molar-refractivity contribution is 7.91. The Hall–Kier alpha value is -1.80. The first kappa shape index (κ1) is 21.5. The molecule has 1 aromatic carbocycles. The van der Waals surface area contributed by atoms with Gasteiger partial charge in [0.05, 0.1) is 31.0 Å². The van der Waals surface area contributed by atoms with Crippen molar-refractivity contribution in [2.75, 3.05) is 40.2 Å². The van der Waals surface area contributed by atoms with Crippen LogP contribution in [0.1, 0.15) is 32.1 Å². The van der Waals surface area contributed by atoms with Crippen molar-refractivity contribution in [3.63, 3.8) is 0 Å². The second-order valence-corrected chi connectivity index (χ2v) is 8.79. The van der Waals surface area contributed by atoms with Gasteiger partial charge >= 0.3 is 0 Å². The number of methoxy groups -OCH3 is 2. The molecule has 1 amide bonds. The number of ether oxygens (including phenoxy) is 3. The minimum absolute atomic E-state index is 0.0568. The van der Waals surface area contributed by atoms with Gasteiger partial charge < -0.3 is 19.1 Å². The molecular formula is C19H29NO6S. The molecule has 0 spiro atoms. The number of carbonyl (C=O) groups excluding carboxylic acids is 1. The molecule has 1 saturated heterocycles. The molecule has 0 saturated carbocycles. The summed E-state index contributed by atoms with van der Waals surface area (Å²) in [6.07, 6.45) is 4.20. The Morgan fingerprint density at radius 2 is 1.96 bits per heavy atom. The van der Waals surface area contributed by atoms with Gasteiger partial charge in [0.2, 0.25) is 5.91 Å². The summed E-state index contributed by atoms with van der Waals surface area (Å²) < 4.78 is 41.0. The maximum atomic E-state index is 12.5. The number of benzene rings is 1. The van der Waals surface area contributed by atoms with Gasteiger partial charge in [-0.05, 0) is 37.8 Å². The van der Waals surface area contributed by atoms with Crippen LogP contribution in [0.15, 0.2) is 23.1 Å². The highest BCUT2D eigenvalue weighted by Crippen LogP contribution is 2.30. The van der Waals surface area contributed by atoms with E-state index in [1.165, 1.54) is 26.4 Å². The fraction of sp³-hybridized carbons (Fsp3) is 0.632. The van der Waals surface area contributed by atoms with Crippen molar-refractivity contribution in [3.8, 4) is 11.5 Å². The van der Waals surface area contributed by atoms with E-state index in [4.69, 9.17) is 14.2 Å². The Balaban J connectivity index is 1.88.